The van der Waals surface area contributed by atoms with E-state index in [-0.39, 0.29) is 12.0 Å². The van der Waals surface area contributed by atoms with Crippen LogP contribution in [0.25, 0.3) is 72.5 Å². The minimum absolute atomic E-state index is 0.117. The van der Waals surface area contributed by atoms with E-state index in [4.69, 9.17) is 9.97 Å². The van der Waals surface area contributed by atoms with Crippen molar-refractivity contribution in [2.45, 2.75) is 12.0 Å². The number of allylic oxidation sites excluding steroid dienone is 2. The van der Waals surface area contributed by atoms with Crippen LogP contribution in [0.5, 0.6) is 0 Å². The fourth-order valence-corrected chi connectivity index (χ4v) is 8.86. The molecule has 2 aromatic heterocycles. The number of hydrogen-bond donors (Lipinski definition) is 0. The molecule has 56 heavy (non-hydrogen) atoms. The summed E-state index contributed by atoms with van der Waals surface area (Å²) in [5.41, 5.74) is 14.6. The second-order valence-electron chi connectivity index (χ2n) is 14.5. The lowest BCUT2D eigenvalue weighted by molar-refractivity contribution is 0.745. The topological polar surface area (TPSA) is 34.0 Å². The van der Waals surface area contributed by atoms with Crippen LogP contribution in [0, 0.1) is 0 Å². The molecule has 0 spiro atoms. The van der Waals surface area contributed by atoms with Gasteiger partial charge in [0.05, 0.1) is 34.2 Å². The van der Waals surface area contributed by atoms with Crippen LogP contribution >= 0.6 is 0 Å². The van der Waals surface area contributed by atoms with E-state index in [9.17, 15) is 0 Å². The maximum atomic E-state index is 5.25. The fourth-order valence-electron chi connectivity index (χ4n) is 8.86. The maximum absolute atomic E-state index is 5.25. The van der Waals surface area contributed by atoms with E-state index < -0.39 is 0 Å². The minimum Gasteiger partial charge on any atom is -0.333 e. The third kappa shape index (κ3) is 5.22. The van der Waals surface area contributed by atoms with Crippen LogP contribution in [0.1, 0.15) is 11.5 Å². The summed E-state index contributed by atoms with van der Waals surface area (Å²) in [5.74, 6) is 0.905. The van der Waals surface area contributed by atoms with E-state index in [1.54, 1.807) is 0 Å². The van der Waals surface area contributed by atoms with E-state index in [0.29, 0.717) is 5.82 Å². The van der Waals surface area contributed by atoms with E-state index in [0.717, 1.165) is 39.5 Å². The molecule has 1 aliphatic carbocycles. The van der Waals surface area contributed by atoms with Gasteiger partial charge in [-0.15, -0.1) is 0 Å². The molecule has 2 unspecified atom stereocenters. The lowest BCUT2D eigenvalue weighted by atomic mass is 9.89. The Balaban J connectivity index is 1.08. The summed E-state index contributed by atoms with van der Waals surface area (Å²) in [6.07, 6.45) is 9.10. The van der Waals surface area contributed by atoms with Crippen molar-refractivity contribution in [3.63, 3.8) is 0 Å². The van der Waals surface area contributed by atoms with E-state index >= 15 is 0 Å². The summed E-state index contributed by atoms with van der Waals surface area (Å²) in [7, 11) is 0. The molecule has 0 saturated carbocycles. The summed E-state index contributed by atoms with van der Waals surface area (Å²) >= 11 is 0. The zero-order valence-corrected chi connectivity index (χ0v) is 30.6. The molecule has 0 radical (unpaired) electrons. The van der Waals surface area contributed by atoms with Gasteiger partial charge in [0.15, 0.2) is 5.82 Å². The number of nitrogens with zero attached hydrogens (tertiary/aromatic N) is 4. The Bertz CT molecular complexity index is 2920. The highest BCUT2D eigenvalue weighted by atomic mass is 15.2. The first-order valence-corrected chi connectivity index (χ1v) is 19.3. The number of para-hydroxylation sites is 3. The smallest absolute Gasteiger partial charge is 0.160 e. The van der Waals surface area contributed by atoms with Crippen LogP contribution in [0.4, 0.5) is 11.4 Å². The Morgan fingerprint density at radius 1 is 0.446 bits per heavy atom. The first-order valence-electron chi connectivity index (χ1n) is 19.3. The molecule has 1 aliphatic heterocycles. The molecular weight excluding hydrogens is 681 g/mol. The average molecular weight is 717 g/mol. The van der Waals surface area contributed by atoms with Crippen molar-refractivity contribution in [3.8, 4) is 50.7 Å². The maximum Gasteiger partial charge on any atom is 0.160 e. The van der Waals surface area contributed by atoms with Crippen LogP contribution in [0.3, 0.4) is 0 Å². The monoisotopic (exact) mass is 716 g/mol. The molecule has 7 aromatic carbocycles. The summed E-state index contributed by atoms with van der Waals surface area (Å²) < 4.78 is 2.39. The molecule has 9 aromatic rings. The molecule has 0 amide bonds. The van der Waals surface area contributed by atoms with Gasteiger partial charge in [0, 0.05) is 44.8 Å². The molecule has 0 N–H and O–H groups in total. The number of aromatic nitrogens is 3. The summed E-state index contributed by atoms with van der Waals surface area (Å²) in [6, 6.07) is 64.9. The molecule has 3 heterocycles. The minimum atomic E-state index is 0.117. The average Bonchev–Trinajstić information content (AvgIpc) is 3.80. The lowest BCUT2D eigenvalue weighted by Gasteiger charge is -2.30. The van der Waals surface area contributed by atoms with Gasteiger partial charge in [0.1, 0.15) is 0 Å². The Labute approximate surface area is 326 Å². The number of hydrogen-bond acceptors (Lipinski definition) is 3. The molecule has 4 nitrogen and oxygen atoms in total. The zero-order valence-electron chi connectivity index (χ0n) is 30.6. The predicted octanol–water partition coefficient (Wildman–Crippen LogP) is 13.0. The van der Waals surface area contributed by atoms with Crippen molar-refractivity contribution in [2.24, 2.45) is 0 Å². The highest BCUT2D eigenvalue weighted by Crippen LogP contribution is 2.51. The Kier molecular flexibility index (Phi) is 7.59. The number of fused-ring (bicyclic) bond motifs is 6. The van der Waals surface area contributed by atoms with Gasteiger partial charge >= 0.3 is 0 Å². The normalized spacial score (nSPS) is 15.7. The zero-order chi connectivity index (χ0) is 37.0. The van der Waals surface area contributed by atoms with Crippen molar-refractivity contribution in [2.75, 3.05) is 4.90 Å². The van der Waals surface area contributed by atoms with Crippen molar-refractivity contribution in [3.05, 3.63) is 212 Å². The fraction of sp³-hybridized carbons (Fsp3) is 0.0385. The highest BCUT2D eigenvalue weighted by molar-refractivity contribution is 6.16. The van der Waals surface area contributed by atoms with Crippen LogP contribution in [0.15, 0.2) is 206 Å². The Morgan fingerprint density at radius 3 is 1.95 bits per heavy atom. The SMILES string of the molecule is C1=CC2c3cc(-c4cccc5c4c4ccccc4n5-c4ccccc4)ccc3N(c3ccccc3-c3cc(-c4ccccc4)nc(-c4ccccc4)n3)C2C=C1. The van der Waals surface area contributed by atoms with E-state index in [1.165, 1.54) is 44.2 Å². The van der Waals surface area contributed by atoms with Crippen LogP contribution < -0.4 is 4.90 Å². The predicted molar refractivity (Wildman–Crippen MR) is 232 cm³/mol. The van der Waals surface area contributed by atoms with Gasteiger partial charge in [-0.05, 0) is 65.2 Å². The van der Waals surface area contributed by atoms with Gasteiger partial charge in [0.25, 0.3) is 0 Å². The van der Waals surface area contributed by atoms with Crippen molar-refractivity contribution < 1.29 is 0 Å². The van der Waals surface area contributed by atoms with Gasteiger partial charge in [-0.1, -0.05) is 158 Å². The van der Waals surface area contributed by atoms with Gasteiger partial charge in [-0.25, -0.2) is 9.97 Å². The van der Waals surface area contributed by atoms with Gasteiger partial charge in [0.2, 0.25) is 0 Å². The van der Waals surface area contributed by atoms with Crippen LogP contribution in [-0.2, 0) is 0 Å². The largest absolute Gasteiger partial charge is 0.333 e. The van der Waals surface area contributed by atoms with Gasteiger partial charge in [-0.3, -0.25) is 0 Å². The molecule has 0 fully saturated rings. The van der Waals surface area contributed by atoms with E-state index in [1.807, 2.05) is 24.3 Å². The van der Waals surface area contributed by atoms with Gasteiger partial charge < -0.3 is 9.47 Å². The summed E-state index contributed by atoms with van der Waals surface area (Å²) in [4.78, 5) is 12.9. The number of anilines is 2. The quantitative estimate of drug-likeness (QED) is 0.172. The van der Waals surface area contributed by atoms with Crippen molar-refractivity contribution in [1.29, 1.82) is 0 Å². The molecule has 2 aliphatic rings. The molecule has 2 atom stereocenters. The third-order valence-corrected chi connectivity index (χ3v) is 11.3. The highest BCUT2D eigenvalue weighted by Gasteiger charge is 2.38. The molecule has 264 valence electrons. The summed E-state index contributed by atoms with van der Waals surface area (Å²) in [6.45, 7) is 0. The first kappa shape index (κ1) is 32.2. The Hall–Kier alpha value is -7.30. The number of rotatable bonds is 6. The second kappa shape index (κ2) is 13.2. The van der Waals surface area contributed by atoms with E-state index in [2.05, 4.69) is 191 Å². The molecule has 11 rings (SSSR count). The lowest BCUT2D eigenvalue weighted by Crippen LogP contribution is -2.29. The molecule has 0 bridgehead atoms. The van der Waals surface area contributed by atoms with Crippen LogP contribution in [0.2, 0.25) is 0 Å². The Morgan fingerprint density at radius 2 is 1.11 bits per heavy atom. The first-order chi connectivity index (χ1) is 27.8. The van der Waals surface area contributed by atoms with Crippen molar-refractivity contribution >= 4 is 33.2 Å². The third-order valence-electron chi connectivity index (χ3n) is 11.3. The molecular formula is C52H36N4. The van der Waals surface area contributed by atoms with Crippen molar-refractivity contribution in [1.82, 2.24) is 14.5 Å². The standard InChI is InChI=1S/C52H36N4/c1-4-17-35(18-5-1)44-34-45(54-52(53-44)36-19-6-2-7-20-36)41-24-11-14-28-47(41)56-46-27-13-10-23-40(46)43-33-37(31-32-49(43)56)39-26-16-30-50-51(39)42-25-12-15-29-48(42)55(50)38-21-8-3-9-22-38/h1-34,40,46H. The second-order valence-corrected chi connectivity index (χ2v) is 14.5. The van der Waals surface area contributed by atoms with Crippen LogP contribution in [-0.4, -0.2) is 20.6 Å². The van der Waals surface area contributed by atoms with Gasteiger partial charge in [-0.2, -0.15) is 0 Å². The number of benzene rings is 7. The molecule has 0 saturated heterocycles. The summed E-state index contributed by atoms with van der Waals surface area (Å²) in [5, 5.41) is 2.53. The molecule has 4 heteroatoms.